The molecule has 1 atom stereocenters. The van der Waals surface area contributed by atoms with Crippen LogP contribution in [0.2, 0.25) is 0 Å². The normalized spacial score (nSPS) is 18.6. The summed E-state index contributed by atoms with van der Waals surface area (Å²) in [4.78, 5) is 4.12. The highest BCUT2D eigenvalue weighted by Gasteiger charge is 2.45. The molecule has 3 rings (SSSR count). The van der Waals surface area contributed by atoms with Crippen molar-refractivity contribution >= 4 is 5.69 Å². The Morgan fingerprint density at radius 1 is 1.33 bits per heavy atom. The molecule has 0 bridgehead atoms. The summed E-state index contributed by atoms with van der Waals surface area (Å²) in [5.41, 5.74) is 7.96. The van der Waals surface area contributed by atoms with E-state index in [0.29, 0.717) is 30.0 Å². The molecule has 112 valence electrons. The quantitative estimate of drug-likeness (QED) is 0.822. The number of halogens is 3. The third-order valence-corrected chi connectivity index (χ3v) is 3.81. The van der Waals surface area contributed by atoms with Crippen molar-refractivity contribution in [3.8, 4) is 11.4 Å². The zero-order valence-electron chi connectivity index (χ0n) is 11.5. The van der Waals surface area contributed by atoms with Crippen LogP contribution in [0.15, 0.2) is 18.2 Å². The molecule has 1 unspecified atom stereocenters. The number of aryl methyl sites for hydroxylation is 2. The zero-order valence-corrected chi connectivity index (χ0v) is 11.5. The fourth-order valence-electron chi connectivity index (χ4n) is 2.56. The molecule has 1 aliphatic heterocycles. The van der Waals surface area contributed by atoms with Gasteiger partial charge in [-0.15, -0.1) is 0 Å². The van der Waals surface area contributed by atoms with E-state index in [0.717, 1.165) is 5.56 Å². The Morgan fingerprint density at radius 3 is 2.76 bits per heavy atom. The van der Waals surface area contributed by atoms with Crippen molar-refractivity contribution in [1.29, 1.82) is 0 Å². The lowest BCUT2D eigenvalue weighted by atomic mass is 9.99. The van der Waals surface area contributed by atoms with Gasteiger partial charge in [0.1, 0.15) is 11.7 Å². The first-order valence-corrected chi connectivity index (χ1v) is 6.74. The Labute approximate surface area is 119 Å². The van der Waals surface area contributed by atoms with Crippen LogP contribution < -0.4 is 5.73 Å². The van der Waals surface area contributed by atoms with Crippen molar-refractivity contribution < 1.29 is 13.2 Å². The number of anilines is 1. The molecule has 0 aliphatic carbocycles. The van der Waals surface area contributed by atoms with E-state index in [1.165, 1.54) is 4.68 Å². The standard InChI is InChI=1S/C14H15F3N4/c1-8-4-5-9(7-11(8)18)12-19-13-10(14(15,16)17)3-2-6-21(13)20-12/h4-5,7,10H,2-3,6,18H2,1H3. The summed E-state index contributed by atoms with van der Waals surface area (Å²) in [6.07, 6.45) is -3.76. The van der Waals surface area contributed by atoms with E-state index < -0.39 is 12.1 Å². The number of fused-ring (bicyclic) bond motifs is 1. The number of nitrogen functional groups attached to an aromatic ring is 1. The summed E-state index contributed by atoms with van der Waals surface area (Å²) in [6, 6.07) is 5.28. The minimum Gasteiger partial charge on any atom is -0.398 e. The molecule has 0 radical (unpaired) electrons. The van der Waals surface area contributed by atoms with Gasteiger partial charge in [-0.2, -0.15) is 18.3 Å². The average molecular weight is 296 g/mol. The minimum atomic E-state index is -4.28. The van der Waals surface area contributed by atoms with Crippen molar-refractivity contribution in [2.24, 2.45) is 0 Å². The maximum absolute atomic E-state index is 13.0. The van der Waals surface area contributed by atoms with Crippen LogP contribution in [0.25, 0.3) is 11.4 Å². The van der Waals surface area contributed by atoms with E-state index in [1.807, 2.05) is 13.0 Å². The number of hydrogen-bond donors (Lipinski definition) is 1. The van der Waals surface area contributed by atoms with Gasteiger partial charge < -0.3 is 5.73 Å². The maximum Gasteiger partial charge on any atom is 0.398 e. The first-order valence-electron chi connectivity index (χ1n) is 6.74. The van der Waals surface area contributed by atoms with E-state index in [2.05, 4.69) is 10.1 Å². The van der Waals surface area contributed by atoms with Crippen molar-refractivity contribution in [2.45, 2.75) is 38.4 Å². The molecule has 0 saturated carbocycles. The van der Waals surface area contributed by atoms with Gasteiger partial charge in [0.2, 0.25) is 0 Å². The predicted molar refractivity (Wildman–Crippen MR) is 72.6 cm³/mol. The predicted octanol–water partition coefficient (Wildman–Crippen LogP) is 3.28. The van der Waals surface area contributed by atoms with Gasteiger partial charge in [-0.3, -0.25) is 0 Å². The van der Waals surface area contributed by atoms with Gasteiger partial charge in [-0.05, 0) is 31.4 Å². The Kier molecular flexibility index (Phi) is 3.15. The van der Waals surface area contributed by atoms with Crippen LogP contribution in [0.1, 0.15) is 30.1 Å². The molecule has 1 aliphatic rings. The summed E-state index contributed by atoms with van der Waals surface area (Å²) < 4.78 is 40.5. The molecule has 1 aromatic heterocycles. The molecule has 0 fully saturated rings. The molecule has 7 heteroatoms. The first kappa shape index (κ1) is 13.9. The van der Waals surface area contributed by atoms with Crippen molar-refractivity contribution in [2.75, 3.05) is 5.73 Å². The van der Waals surface area contributed by atoms with E-state index in [9.17, 15) is 13.2 Å². The summed E-state index contributed by atoms with van der Waals surface area (Å²) in [6.45, 7) is 2.33. The lowest BCUT2D eigenvalue weighted by molar-refractivity contribution is -0.156. The van der Waals surface area contributed by atoms with Gasteiger partial charge in [0.15, 0.2) is 5.82 Å². The van der Waals surface area contributed by atoms with E-state index in [-0.39, 0.29) is 12.2 Å². The lowest BCUT2D eigenvalue weighted by Gasteiger charge is -2.23. The SMILES string of the molecule is Cc1ccc(-c2nc3n(n2)CCCC3C(F)(F)F)cc1N. The Bertz CT molecular complexity index is 675. The number of hydrogen-bond acceptors (Lipinski definition) is 3. The van der Waals surface area contributed by atoms with Crippen LogP contribution in [0.3, 0.4) is 0 Å². The summed E-state index contributed by atoms with van der Waals surface area (Å²) in [7, 11) is 0. The van der Waals surface area contributed by atoms with E-state index >= 15 is 0 Å². The number of alkyl halides is 3. The third kappa shape index (κ3) is 2.48. The summed E-state index contributed by atoms with van der Waals surface area (Å²) in [5, 5.41) is 4.21. The topological polar surface area (TPSA) is 56.7 Å². The molecule has 2 N–H and O–H groups in total. The lowest BCUT2D eigenvalue weighted by Crippen LogP contribution is -2.28. The third-order valence-electron chi connectivity index (χ3n) is 3.81. The molecule has 2 heterocycles. The van der Waals surface area contributed by atoms with Crippen LogP contribution >= 0.6 is 0 Å². The zero-order chi connectivity index (χ0) is 15.2. The number of nitrogens with two attached hydrogens (primary N) is 1. The fraction of sp³-hybridized carbons (Fsp3) is 0.429. The van der Waals surface area contributed by atoms with Gasteiger partial charge in [-0.25, -0.2) is 9.67 Å². The van der Waals surface area contributed by atoms with Crippen LogP contribution in [-0.4, -0.2) is 20.9 Å². The Morgan fingerprint density at radius 2 is 2.10 bits per heavy atom. The minimum absolute atomic E-state index is 0.00268. The van der Waals surface area contributed by atoms with Gasteiger partial charge in [-0.1, -0.05) is 12.1 Å². The number of rotatable bonds is 1. The molecule has 21 heavy (non-hydrogen) atoms. The second-order valence-electron chi connectivity index (χ2n) is 5.32. The van der Waals surface area contributed by atoms with Crippen molar-refractivity contribution in [1.82, 2.24) is 14.8 Å². The van der Waals surface area contributed by atoms with Gasteiger partial charge >= 0.3 is 6.18 Å². The number of benzene rings is 1. The molecule has 4 nitrogen and oxygen atoms in total. The van der Waals surface area contributed by atoms with Crippen LogP contribution in [-0.2, 0) is 6.54 Å². The Hall–Kier alpha value is -2.05. The molecule has 0 saturated heterocycles. The second kappa shape index (κ2) is 4.75. The maximum atomic E-state index is 13.0. The van der Waals surface area contributed by atoms with Gasteiger partial charge in [0, 0.05) is 17.8 Å². The molecule has 0 amide bonds. The molecule has 0 spiro atoms. The summed E-state index contributed by atoms with van der Waals surface area (Å²) in [5.74, 6) is -1.23. The smallest absolute Gasteiger partial charge is 0.398 e. The highest BCUT2D eigenvalue weighted by Crippen LogP contribution is 2.40. The van der Waals surface area contributed by atoms with Crippen LogP contribution in [0.4, 0.5) is 18.9 Å². The monoisotopic (exact) mass is 296 g/mol. The number of nitrogens with zero attached hydrogens (tertiary/aromatic N) is 3. The van der Waals surface area contributed by atoms with Crippen molar-refractivity contribution in [3.63, 3.8) is 0 Å². The molecular formula is C14H15F3N4. The van der Waals surface area contributed by atoms with E-state index in [1.54, 1.807) is 12.1 Å². The highest BCUT2D eigenvalue weighted by atomic mass is 19.4. The van der Waals surface area contributed by atoms with E-state index in [4.69, 9.17) is 5.73 Å². The van der Waals surface area contributed by atoms with Gasteiger partial charge in [0.25, 0.3) is 0 Å². The molecule has 1 aromatic carbocycles. The average Bonchev–Trinajstić information content (AvgIpc) is 2.84. The first-order chi connectivity index (χ1) is 9.86. The second-order valence-corrected chi connectivity index (χ2v) is 5.32. The fourth-order valence-corrected chi connectivity index (χ4v) is 2.56. The van der Waals surface area contributed by atoms with Crippen LogP contribution in [0.5, 0.6) is 0 Å². The Balaban J connectivity index is 2.03. The largest absolute Gasteiger partial charge is 0.398 e. The summed E-state index contributed by atoms with van der Waals surface area (Å²) >= 11 is 0. The number of aromatic nitrogens is 3. The van der Waals surface area contributed by atoms with Gasteiger partial charge in [0.05, 0.1) is 0 Å². The molecule has 2 aromatic rings. The molecular weight excluding hydrogens is 281 g/mol. The van der Waals surface area contributed by atoms with Crippen molar-refractivity contribution in [3.05, 3.63) is 29.6 Å². The highest BCUT2D eigenvalue weighted by molar-refractivity contribution is 5.63. The van der Waals surface area contributed by atoms with Crippen LogP contribution in [0, 0.1) is 6.92 Å².